The molecule has 1 spiro atoms. The second-order valence-electron chi connectivity index (χ2n) is 5.28. The number of carbonyl (C=O) groups is 2. The molecule has 2 fully saturated rings. The van der Waals surface area contributed by atoms with Crippen LogP contribution in [0, 0.1) is 5.41 Å². The zero-order valence-corrected chi connectivity index (χ0v) is 9.95. The molecule has 0 bridgehead atoms. The Kier molecular flexibility index (Phi) is 3.49. The Morgan fingerprint density at radius 3 is 2.53 bits per heavy atom. The molecule has 5 nitrogen and oxygen atoms in total. The van der Waals surface area contributed by atoms with Crippen molar-refractivity contribution in [1.82, 2.24) is 5.32 Å². The lowest BCUT2D eigenvalue weighted by Gasteiger charge is -2.45. The summed E-state index contributed by atoms with van der Waals surface area (Å²) < 4.78 is 0. The van der Waals surface area contributed by atoms with Crippen molar-refractivity contribution in [3.8, 4) is 0 Å². The van der Waals surface area contributed by atoms with E-state index in [2.05, 4.69) is 5.32 Å². The second-order valence-corrected chi connectivity index (χ2v) is 5.28. The fourth-order valence-electron chi connectivity index (χ4n) is 2.82. The van der Waals surface area contributed by atoms with Gasteiger partial charge in [0, 0.05) is 17.9 Å². The van der Waals surface area contributed by atoms with Gasteiger partial charge >= 0.3 is 0 Å². The topological polar surface area (TPSA) is 92.4 Å². The van der Waals surface area contributed by atoms with E-state index < -0.39 is 6.04 Å². The first kappa shape index (κ1) is 12.5. The number of aliphatic hydroxyl groups excluding tert-OH is 1. The number of nitrogens with one attached hydrogen (secondary N) is 1. The highest BCUT2D eigenvalue weighted by molar-refractivity contribution is 5.90. The maximum atomic E-state index is 11.6. The van der Waals surface area contributed by atoms with Gasteiger partial charge in [-0.15, -0.1) is 0 Å². The van der Waals surface area contributed by atoms with Gasteiger partial charge in [-0.1, -0.05) is 0 Å². The fourth-order valence-corrected chi connectivity index (χ4v) is 2.82. The summed E-state index contributed by atoms with van der Waals surface area (Å²) >= 11 is 0. The molecule has 1 amide bonds. The van der Waals surface area contributed by atoms with Crippen molar-refractivity contribution in [3.05, 3.63) is 0 Å². The highest BCUT2D eigenvalue weighted by Crippen LogP contribution is 2.48. The number of ketones is 1. The maximum Gasteiger partial charge on any atom is 0.239 e. The van der Waals surface area contributed by atoms with Crippen LogP contribution in [-0.4, -0.2) is 35.5 Å². The van der Waals surface area contributed by atoms with Crippen LogP contribution in [0.15, 0.2) is 0 Å². The van der Waals surface area contributed by atoms with Crippen molar-refractivity contribution < 1.29 is 14.7 Å². The molecule has 0 radical (unpaired) electrons. The monoisotopic (exact) mass is 240 g/mol. The van der Waals surface area contributed by atoms with Gasteiger partial charge in [-0.2, -0.15) is 0 Å². The fraction of sp³-hybridized carbons (Fsp3) is 0.833. The number of aliphatic hydroxyl groups is 1. The van der Waals surface area contributed by atoms with E-state index in [1.807, 2.05) is 0 Å². The maximum absolute atomic E-state index is 11.6. The molecular formula is C12H20N2O3. The van der Waals surface area contributed by atoms with E-state index in [1.165, 1.54) is 0 Å². The Hall–Kier alpha value is -0.940. The van der Waals surface area contributed by atoms with Gasteiger partial charge in [0.05, 0.1) is 6.61 Å². The summed E-state index contributed by atoms with van der Waals surface area (Å²) in [5.41, 5.74) is 5.37. The molecule has 4 N–H and O–H groups in total. The van der Waals surface area contributed by atoms with Crippen molar-refractivity contribution in [3.63, 3.8) is 0 Å². The van der Waals surface area contributed by atoms with Crippen LogP contribution in [0.3, 0.4) is 0 Å². The number of amides is 1. The summed E-state index contributed by atoms with van der Waals surface area (Å²) in [5, 5.41) is 11.6. The normalized spacial score (nSPS) is 34.2. The van der Waals surface area contributed by atoms with Gasteiger partial charge in [-0.3, -0.25) is 9.59 Å². The molecule has 5 heteroatoms. The Morgan fingerprint density at radius 1 is 1.47 bits per heavy atom. The smallest absolute Gasteiger partial charge is 0.239 e. The van der Waals surface area contributed by atoms with Crippen molar-refractivity contribution >= 4 is 11.7 Å². The van der Waals surface area contributed by atoms with Crippen LogP contribution in [0.2, 0.25) is 0 Å². The lowest BCUT2D eigenvalue weighted by atomic mass is 9.59. The van der Waals surface area contributed by atoms with Crippen LogP contribution in [0.4, 0.5) is 0 Å². The van der Waals surface area contributed by atoms with Gasteiger partial charge in [-0.25, -0.2) is 0 Å². The van der Waals surface area contributed by atoms with Crippen LogP contribution in [0.1, 0.15) is 38.5 Å². The first-order chi connectivity index (χ1) is 8.07. The SMILES string of the molecule is N[C@@H](CO)C(=O)NC1CCC2(CCC2=O)CC1. The largest absolute Gasteiger partial charge is 0.394 e. The van der Waals surface area contributed by atoms with E-state index in [4.69, 9.17) is 10.8 Å². The molecule has 2 aliphatic rings. The highest BCUT2D eigenvalue weighted by atomic mass is 16.3. The van der Waals surface area contributed by atoms with Crippen LogP contribution in [0.5, 0.6) is 0 Å². The minimum absolute atomic E-state index is 0.0552. The van der Waals surface area contributed by atoms with Gasteiger partial charge in [0.25, 0.3) is 0 Å². The quantitative estimate of drug-likeness (QED) is 0.632. The molecule has 2 saturated carbocycles. The van der Waals surface area contributed by atoms with Crippen molar-refractivity contribution in [1.29, 1.82) is 0 Å². The molecule has 0 aliphatic heterocycles. The van der Waals surface area contributed by atoms with Gasteiger partial charge < -0.3 is 16.2 Å². The van der Waals surface area contributed by atoms with Crippen LogP contribution in [0.25, 0.3) is 0 Å². The lowest BCUT2D eigenvalue weighted by Crippen LogP contribution is -2.51. The minimum atomic E-state index is -0.837. The molecule has 0 aromatic heterocycles. The first-order valence-corrected chi connectivity index (χ1v) is 6.27. The number of hydrogen-bond donors (Lipinski definition) is 3. The van der Waals surface area contributed by atoms with Crippen LogP contribution < -0.4 is 11.1 Å². The zero-order chi connectivity index (χ0) is 12.5. The molecular weight excluding hydrogens is 220 g/mol. The van der Waals surface area contributed by atoms with Gasteiger partial charge in [0.2, 0.25) is 5.91 Å². The van der Waals surface area contributed by atoms with Crippen molar-refractivity contribution in [2.24, 2.45) is 11.1 Å². The van der Waals surface area contributed by atoms with Gasteiger partial charge in [0.1, 0.15) is 11.8 Å². The third-order valence-electron chi connectivity index (χ3n) is 4.24. The van der Waals surface area contributed by atoms with E-state index >= 15 is 0 Å². The molecule has 2 rings (SSSR count). The Bertz CT molecular complexity index is 322. The standard InChI is InChI=1S/C12H20N2O3/c13-9(7-15)11(17)14-8-1-4-12(5-2-8)6-3-10(12)16/h8-9,15H,1-7,13H2,(H,14,17)/t8?,9-,12?/m0/s1. The Balaban J connectivity index is 1.79. The first-order valence-electron chi connectivity index (χ1n) is 6.27. The minimum Gasteiger partial charge on any atom is -0.394 e. The Labute approximate surface area is 101 Å². The van der Waals surface area contributed by atoms with Crippen molar-refractivity contribution in [2.75, 3.05) is 6.61 Å². The van der Waals surface area contributed by atoms with Crippen LogP contribution >= 0.6 is 0 Å². The molecule has 0 unspecified atom stereocenters. The van der Waals surface area contributed by atoms with E-state index in [1.54, 1.807) is 0 Å². The third-order valence-corrected chi connectivity index (χ3v) is 4.24. The molecule has 1 atom stereocenters. The lowest BCUT2D eigenvalue weighted by molar-refractivity contribution is -0.141. The van der Waals surface area contributed by atoms with Crippen LogP contribution in [-0.2, 0) is 9.59 Å². The molecule has 17 heavy (non-hydrogen) atoms. The van der Waals surface area contributed by atoms with E-state index in [0.29, 0.717) is 5.78 Å². The van der Waals surface area contributed by atoms with E-state index in [9.17, 15) is 9.59 Å². The number of carbonyl (C=O) groups excluding carboxylic acids is 2. The van der Waals surface area contributed by atoms with E-state index in [0.717, 1.165) is 38.5 Å². The Morgan fingerprint density at radius 2 is 2.12 bits per heavy atom. The predicted molar refractivity (Wildman–Crippen MR) is 62.1 cm³/mol. The van der Waals surface area contributed by atoms with Gasteiger partial charge in [-0.05, 0) is 32.1 Å². The van der Waals surface area contributed by atoms with Crippen molar-refractivity contribution in [2.45, 2.75) is 50.6 Å². The average molecular weight is 240 g/mol. The number of Topliss-reactive ketones (excluding diaryl/α,β-unsaturated/α-hetero) is 1. The number of nitrogens with two attached hydrogens (primary N) is 1. The summed E-state index contributed by atoms with van der Waals surface area (Å²) in [6.45, 7) is -0.332. The summed E-state index contributed by atoms with van der Waals surface area (Å²) in [7, 11) is 0. The number of rotatable bonds is 3. The van der Waals surface area contributed by atoms with Gasteiger partial charge in [0.15, 0.2) is 0 Å². The third kappa shape index (κ3) is 2.35. The molecule has 0 aromatic carbocycles. The zero-order valence-electron chi connectivity index (χ0n) is 9.95. The summed E-state index contributed by atoms with van der Waals surface area (Å²) in [6.07, 6.45) is 5.19. The molecule has 96 valence electrons. The summed E-state index contributed by atoms with van der Waals surface area (Å²) in [6, 6.07) is -0.727. The van der Waals surface area contributed by atoms with E-state index in [-0.39, 0.29) is 24.0 Å². The second kappa shape index (κ2) is 4.74. The predicted octanol–water partition coefficient (Wildman–Crippen LogP) is -0.286. The summed E-state index contributed by atoms with van der Waals surface area (Å²) in [5.74, 6) is 0.0997. The number of hydrogen-bond acceptors (Lipinski definition) is 4. The summed E-state index contributed by atoms with van der Waals surface area (Å²) in [4.78, 5) is 23.0. The molecule has 0 heterocycles. The highest BCUT2D eigenvalue weighted by Gasteiger charge is 2.47. The molecule has 0 saturated heterocycles. The molecule has 2 aliphatic carbocycles. The average Bonchev–Trinajstić information content (AvgIpc) is 2.36. The molecule has 0 aromatic rings.